The second kappa shape index (κ2) is 8.84. The van der Waals surface area contributed by atoms with Crippen LogP contribution >= 0.6 is 0 Å². The molecule has 0 saturated carbocycles. The van der Waals surface area contributed by atoms with Crippen molar-refractivity contribution in [2.45, 2.75) is 103 Å². The van der Waals surface area contributed by atoms with Gasteiger partial charge in [0.05, 0.1) is 17.4 Å². The minimum absolute atomic E-state index is 0.0210. The Morgan fingerprint density at radius 1 is 1.12 bits per heavy atom. The number of nitrogens with one attached hydrogen (secondary N) is 2. The fourth-order valence-electron chi connectivity index (χ4n) is 6.87. The zero-order valence-electron chi connectivity index (χ0n) is 21.4. The summed E-state index contributed by atoms with van der Waals surface area (Å²) in [6.07, 6.45) is 4.10. The molecule has 5 atom stereocenters. The van der Waals surface area contributed by atoms with E-state index in [4.69, 9.17) is 9.84 Å². The van der Waals surface area contributed by atoms with Crippen molar-refractivity contribution < 1.29 is 24.2 Å². The number of carbonyl (C=O) groups excluding carboxylic acids is 3. The van der Waals surface area contributed by atoms with Gasteiger partial charge >= 0.3 is 0 Å². The lowest BCUT2D eigenvalue weighted by Crippen LogP contribution is -2.59. The number of likely N-dealkylation sites (tertiary alicyclic amines) is 1. The molecule has 3 aliphatic heterocycles. The number of rotatable bonds is 9. The van der Waals surface area contributed by atoms with Gasteiger partial charge in [0.25, 0.3) is 0 Å². The number of aliphatic hydroxyl groups excluding tert-OH is 1. The molecule has 2 unspecified atom stereocenters. The molecule has 0 aliphatic carbocycles. The van der Waals surface area contributed by atoms with Gasteiger partial charge in [0.1, 0.15) is 11.6 Å². The van der Waals surface area contributed by atoms with Crippen LogP contribution in [0.4, 0.5) is 0 Å². The van der Waals surface area contributed by atoms with E-state index in [1.54, 1.807) is 11.9 Å². The maximum atomic E-state index is 13.8. The fourth-order valence-corrected chi connectivity index (χ4v) is 6.87. The number of ether oxygens (including phenoxy) is 1. The standard InChI is InChI=1S/C25H43N3O5/c1-22(2,3)15-23(4,5)27-20(31)18-25-12-11-24(6,33-25)16(19(30)26-7)17(25)21(32)28(18)13-9-8-10-14-29/h16-18,29H,8-15H2,1-7H3,(H,26,30)(H,27,31)/t16-,17+,18?,24+,25?/m1/s1. The van der Waals surface area contributed by atoms with Crippen molar-refractivity contribution in [3.05, 3.63) is 0 Å². The molecule has 0 aromatic rings. The Morgan fingerprint density at radius 2 is 1.79 bits per heavy atom. The minimum Gasteiger partial charge on any atom is -0.396 e. The van der Waals surface area contributed by atoms with Crippen LogP contribution in [0.5, 0.6) is 0 Å². The van der Waals surface area contributed by atoms with Crippen LogP contribution in [-0.2, 0) is 19.1 Å². The molecule has 0 radical (unpaired) electrons. The second-order valence-corrected chi connectivity index (χ2v) is 12.3. The highest BCUT2D eigenvalue weighted by Crippen LogP contribution is 2.63. The van der Waals surface area contributed by atoms with E-state index in [1.807, 2.05) is 20.8 Å². The lowest BCUT2D eigenvalue weighted by molar-refractivity contribution is -0.147. The van der Waals surface area contributed by atoms with Crippen LogP contribution in [0.25, 0.3) is 0 Å². The molecular weight excluding hydrogens is 422 g/mol. The van der Waals surface area contributed by atoms with E-state index >= 15 is 0 Å². The van der Waals surface area contributed by atoms with Crippen molar-refractivity contribution >= 4 is 17.7 Å². The number of unbranched alkanes of at least 4 members (excludes halogenated alkanes) is 2. The molecule has 3 rings (SSSR count). The number of fused-ring (bicyclic) bond motifs is 1. The Bertz CT molecular complexity index is 791. The quantitative estimate of drug-likeness (QED) is 0.452. The molecule has 3 amide bonds. The van der Waals surface area contributed by atoms with Crippen molar-refractivity contribution in [2.75, 3.05) is 20.2 Å². The smallest absolute Gasteiger partial charge is 0.246 e. The molecule has 0 aromatic heterocycles. The molecule has 8 heteroatoms. The maximum Gasteiger partial charge on any atom is 0.246 e. The van der Waals surface area contributed by atoms with Gasteiger partial charge in [-0.1, -0.05) is 20.8 Å². The van der Waals surface area contributed by atoms with Crippen LogP contribution in [0.2, 0.25) is 0 Å². The highest BCUT2D eigenvalue weighted by Gasteiger charge is 2.77. The number of aliphatic hydroxyl groups is 1. The van der Waals surface area contributed by atoms with E-state index < -0.39 is 34.6 Å². The molecule has 3 saturated heterocycles. The minimum atomic E-state index is -0.984. The summed E-state index contributed by atoms with van der Waals surface area (Å²) >= 11 is 0. The van der Waals surface area contributed by atoms with Crippen molar-refractivity contribution in [3.8, 4) is 0 Å². The summed E-state index contributed by atoms with van der Waals surface area (Å²) in [6, 6.07) is -0.764. The van der Waals surface area contributed by atoms with Crippen molar-refractivity contribution in [3.63, 3.8) is 0 Å². The Hall–Kier alpha value is -1.67. The number of nitrogens with zero attached hydrogens (tertiary/aromatic N) is 1. The zero-order chi connectivity index (χ0) is 24.8. The molecule has 0 aromatic carbocycles. The van der Waals surface area contributed by atoms with E-state index in [9.17, 15) is 14.4 Å². The Labute approximate surface area is 198 Å². The first-order valence-corrected chi connectivity index (χ1v) is 12.4. The third-order valence-electron chi connectivity index (χ3n) is 7.54. The van der Waals surface area contributed by atoms with Gasteiger partial charge in [-0.25, -0.2) is 0 Å². The Balaban J connectivity index is 1.95. The highest BCUT2D eigenvalue weighted by molar-refractivity contribution is 5.99. The normalized spacial score (nSPS) is 33.4. The molecule has 188 valence electrons. The maximum absolute atomic E-state index is 13.8. The Kier molecular flexibility index (Phi) is 6.95. The van der Waals surface area contributed by atoms with Crippen LogP contribution in [0.3, 0.4) is 0 Å². The third-order valence-corrected chi connectivity index (χ3v) is 7.54. The molecule has 2 bridgehead atoms. The summed E-state index contributed by atoms with van der Waals surface area (Å²) in [6.45, 7) is 12.8. The van der Waals surface area contributed by atoms with Gasteiger partial charge in [-0.3, -0.25) is 14.4 Å². The van der Waals surface area contributed by atoms with Crippen LogP contribution in [-0.4, -0.2) is 70.7 Å². The molecule has 3 aliphatic rings. The SMILES string of the molecule is CNC(=O)[C@H]1[C@H]2C(=O)N(CCCCCO)C(C(=O)NC(C)(C)CC(C)(C)C)C23CC[C@]1(C)O3. The van der Waals surface area contributed by atoms with E-state index in [2.05, 4.69) is 31.4 Å². The number of hydrogen-bond acceptors (Lipinski definition) is 5. The van der Waals surface area contributed by atoms with Crippen LogP contribution in [0.1, 0.15) is 80.1 Å². The number of hydrogen-bond donors (Lipinski definition) is 3. The van der Waals surface area contributed by atoms with Gasteiger partial charge < -0.3 is 25.4 Å². The summed E-state index contributed by atoms with van der Waals surface area (Å²) in [4.78, 5) is 42.1. The van der Waals surface area contributed by atoms with Gasteiger partial charge in [-0.15, -0.1) is 0 Å². The largest absolute Gasteiger partial charge is 0.396 e. The van der Waals surface area contributed by atoms with Crippen LogP contribution in [0, 0.1) is 17.3 Å². The highest BCUT2D eigenvalue weighted by atomic mass is 16.5. The molecule has 33 heavy (non-hydrogen) atoms. The molecule has 3 heterocycles. The monoisotopic (exact) mass is 465 g/mol. The third kappa shape index (κ3) is 4.65. The first-order valence-electron chi connectivity index (χ1n) is 12.4. The van der Waals surface area contributed by atoms with Crippen molar-refractivity contribution in [2.24, 2.45) is 17.3 Å². The lowest BCUT2D eigenvalue weighted by atomic mass is 9.66. The lowest BCUT2D eigenvalue weighted by Gasteiger charge is -2.38. The average molecular weight is 466 g/mol. The topological polar surface area (TPSA) is 108 Å². The van der Waals surface area contributed by atoms with Crippen LogP contribution < -0.4 is 10.6 Å². The van der Waals surface area contributed by atoms with E-state index in [-0.39, 0.29) is 29.7 Å². The zero-order valence-corrected chi connectivity index (χ0v) is 21.4. The van der Waals surface area contributed by atoms with Gasteiger partial charge in [0.15, 0.2) is 0 Å². The molecule has 8 nitrogen and oxygen atoms in total. The van der Waals surface area contributed by atoms with Gasteiger partial charge in [0.2, 0.25) is 17.7 Å². The summed E-state index contributed by atoms with van der Waals surface area (Å²) < 4.78 is 6.56. The fraction of sp³-hybridized carbons (Fsp3) is 0.880. The first-order chi connectivity index (χ1) is 15.2. The summed E-state index contributed by atoms with van der Waals surface area (Å²) in [7, 11) is 1.58. The van der Waals surface area contributed by atoms with Crippen molar-refractivity contribution in [1.29, 1.82) is 0 Å². The molecule has 3 N–H and O–H groups in total. The number of carbonyl (C=O) groups is 3. The van der Waals surface area contributed by atoms with Gasteiger partial charge in [-0.2, -0.15) is 0 Å². The summed E-state index contributed by atoms with van der Waals surface area (Å²) in [5.41, 5.74) is -2.17. The van der Waals surface area contributed by atoms with Gasteiger partial charge in [0, 0.05) is 25.7 Å². The predicted octanol–water partition coefficient (Wildman–Crippen LogP) is 1.99. The molecule has 1 spiro atoms. The van der Waals surface area contributed by atoms with E-state index in [1.165, 1.54) is 0 Å². The summed E-state index contributed by atoms with van der Waals surface area (Å²) in [5.74, 6) is -1.83. The van der Waals surface area contributed by atoms with Crippen molar-refractivity contribution in [1.82, 2.24) is 15.5 Å². The van der Waals surface area contributed by atoms with Gasteiger partial charge in [-0.05, 0) is 64.7 Å². The Morgan fingerprint density at radius 3 is 2.36 bits per heavy atom. The molecular formula is C25H43N3O5. The molecule has 3 fully saturated rings. The number of amides is 3. The second-order valence-electron chi connectivity index (χ2n) is 12.3. The van der Waals surface area contributed by atoms with Crippen LogP contribution in [0.15, 0.2) is 0 Å². The summed E-state index contributed by atoms with van der Waals surface area (Å²) in [5, 5.41) is 15.1. The predicted molar refractivity (Wildman–Crippen MR) is 125 cm³/mol. The average Bonchev–Trinajstić information content (AvgIpc) is 3.23. The van der Waals surface area contributed by atoms with E-state index in [0.29, 0.717) is 32.2 Å². The van der Waals surface area contributed by atoms with E-state index in [0.717, 1.165) is 12.8 Å². The first kappa shape index (κ1) is 25.9.